The summed E-state index contributed by atoms with van der Waals surface area (Å²) < 4.78 is 16.5. The number of halogens is 1. The monoisotopic (exact) mass is 357 g/mol. The third kappa shape index (κ3) is 2.94. The Morgan fingerprint density at radius 1 is 1.23 bits per heavy atom. The molecule has 0 atom stereocenters. The van der Waals surface area contributed by atoms with Crippen molar-refractivity contribution >= 4 is 17.0 Å². The molecule has 1 N–H and O–H groups in total. The predicted molar refractivity (Wildman–Crippen MR) is 95.8 cm³/mol. The molecule has 4 heterocycles. The van der Waals surface area contributed by atoms with Gasteiger partial charge in [-0.25, -0.2) is 14.6 Å². The fraction of sp³-hybridized carbons (Fsp3) is 0.412. The number of nitrogens with one attached hydrogen (secondary N) is 1. The summed E-state index contributed by atoms with van der Waals surface area (Å²) in [7, 11) is 0. The van der Waals surface area contributed by atoms with E-state index in [-0.39, 0.29) is 12.1 Å². The van der Waals surface area contributed by atoms with Gasteiger partial charge in [0.1, 0.15) is 11.0 Å². The van der Waals surface area contributed by atoms with Crippen molar-refractivity contribution in [3.05, 3.63) is 46.4 Å². The molecule has 0 radical (unpaired) electrons. The van der Waals surface area contributed by atoms with Gasteiger partial charge in [-0.1, -0.05) is 6.07 Å². The van der Waals surface area contributed by atoms with E-state index in [1.807, 2.05) is 11.5 Å². The number of pyridine rings is 1. The van der Waals surface area contributed by atoms with Gasteiger partial charge in [-0.15, -0.1) is 0 Å². The quantitative estimate of drug-likeness (QED) is 0.689. The Labute approximate surface area is 149 Å². The molecule has 0 spiro atoms. The molecule has 0 bridgehead atoms. The molecule has 0 saturated carbocycles. The number of piperazine rings is 1. The highest BCUT2D eigenvalue weighted by atomic mass is 19.1. The van der Waals surface area contributed by atoms with Crippen LogP contribution in [0, 0.1) is 5.95 Å². The molecule has 4 rings (SSSR count). The van der Waals surface area contributed by atoms with E-state index in [4.69, 9.17) is 0 Å². The Bertz CT molecular complexity index is 990. The van der Waals surface area contributed by atoms with Crippen molar-refractivity contribution in [2.24, 2.45) is 0 Å². The van der Waals surface area contributed by atoms with Gasteiger partial charge in [-0.3, -0.25) is 4.79 Å². The van der Waals surface area contributed by atoms with Crippen molar-refractivity contribution in [3.63, 3.8) is 0 Å². The molecule has 136 valence electrons. The third-order valence-corrected chi connectivity index (χ3v) is 4.53. The number of rotatable bonds is 4. The van der Waals surface area contributed by atoms with E-state index in [9.17, 15) is 9.18 Å². The summed E-state index contributed by atoms with van der Waals surface area (Å²) in [5.41, 5.74) is 1.30. The van der Waals surface area contributed by atoms with Crippen LogP contribution in [0.4, 0.5) is 10.3 Å². The number of nitrogens with zero attached hydrogens (tertiary/aromatic N) is 6. The Morgan fingerprint density at radius 2 is 2.04 bits per heavy atom. The molecular formula is C17H20FN7O. The summed E-state index contributed by atoms with van der Waals surface area (Å²) in [6.45, 7) is 6.21. The maximum Gasteiger partial charge on any atom is 0.293 e. The maximum absolute atomic E-state index is 13.3. The Morgan fingerprint density at radius 3 is 2.77 bits per heavy atom. The second-order valence-electron chi connectivity index (χ2n) is 6.19. The molecule has 1 fully saturated rings. The van der Waals surface area contributed by atoms with Crippen LogP contribution < -0.4 is 15.8 Å². The number of fused-ring (bicyclic) bond motifs is 1. The van der Waals surface area contributed by atoms with Gasteiger partial charge in [-0.2, -0.15) is 9.49 Å². The largest absolute Gasteiger partial charge is 0.340 e. The second-order valence-corrected chi connectivity index (χ2v) is 6.19. The molecule has 1 aliphatic heterocycles. The number of anilines is 1. The fourth-order valence-corrected chi connectivity index (χ4v) is 3.28. The molecule has 0 aromatic carbocycles. The zero-order chi connectivity index (χ0) is 18.1. The van der Waals surface area contributed by atoms with Crippen LogP contribution in [-0.2, 0) is 13.1 Å². The van der Waals surface area contributed by atoms with E-state index in [1.165, 1.54) is 10.7 Å². The number of aryl methyl sites for hydroxylation is 1. The zero-order valence-corrected chi connectivity index (χ0v) is 14.5. The summed E-state index contributed by atoms with van der Waals surface area (Å²) >= 11 is 0. The molecule has 3 aromatic rings. The molecule has 9 heteroatoms. The molecule has 3 aromatic heterocycles. The van der Waals surface area contributed by atoms with Crippen LogP contribution in [-0.4, -0.2) is 50.5 Å². The predicted octanol–water partition coefficient (Wildman–Crippen LogP) is 0.605. The first kappa shape index (κ1) is 16.6. The topological polar surface area (TPSA) is 80.9 Å². The minimum Gasteiger partial charge on any atom is -0.340 e. The van der Waals surface area contributed by atoms with Crippen LogP contribution in [0.3, 0.4) is 0 Å². The molecule has 1 aliphatic rings. The minimum atomic E-state index is -0.573. The number of hydrogen-bond acceptors (Lipinski definition) is 6. The first-order chi connectivity index (χ1) is 12.7. The van der Waals surface area contributed by atoms with Crippen LogP contribution in [0.5, 0.6) is 0 Å². The number of aromatic nitrogens is 5. The SMILES string of the molecule is CCn1c(N2CCNCC2)nc2cnn(Cc3cccc(F)n3)c(=O)c21. The van der Waals surface area contributed by atoms with Gasteiger partial charge in [0.2, 0.25) is 11.9 Å². The fourth-order valence-electron chi connectivity index (χ4n) is 3.28. The van der Waals surface area contributed by atoms with Crippen molar-refractivity contribution < 1.29 is 4.39 Å². The van der Waals surface area contributed by atoms with Crippen molar-refractivity contribution in [2.45, 2.75) is 20.0 Å². The smallest absolute Gasteiger partial charge is 0.293 e. The van der Waals surface area contributed by atoms with Gasteiger partial charge in [0, 0.05) is 32.7 Å². The lowest BCUT2D eigenvalue weighted by atomic mass is 10.3. The highest BCUT2D eigenvalue weighted by Gasteiger charge is 2.21. The van der Waals surface area contributed by atoms with E-state index in [1.54, 1.807) is 18.3 Å². The van der Waals surface area contributed by atoms with Gasteiger partial charge in [-0.05, 0) is 19.1 Å². The van der Waals surface area contributed by atoms with E-state index in [2.05, 4.69) is 25.3 Å². The van der Waals surface area contributed by atoms with Crippen LogP contribution >= 0.6 is 0 Å². The Kier molecular flexibility index (Phi) is 4.37. The summed E-state index contributed by atoms with van der Waals surface area (Å²) in [5.74, 6) is 0.223. The Hall–Kier alpha value is -2.81. The molecule has 8 nitrogen and oxygen atoms in total. The lowest BCUT2D eigenvalue weighted by Crippen LogP contribution is -2.44. The molecule has 26 heavy (non-hydrogen) atoms. The summed E-state index contributed by atoms with van der Waals surface area (Å²) in [6.07, 6.45) is 1.59. The second kappa shape index (κ2) is 6.83. The van der Waals surface area contributed by atoms with Gasteiger partial charge >= 0.3 is 0 Å². The normalized spacial score (nSPS) is 14.9. The van der Waals surface area contributed by atoms with E-state index < -0.39 is 5.95 Å². The van der Waals surface area contributed by atoms with Crippen LogP contribution in [0.25, 0.3) is 11.0 Å². The van der Waals surface area contributed by atoms with Crippen molar-refractivity contribution in [1.29, 1.82) is 0 Å². The first-order valence-corrected chi connectivity index (χ1v) is 8.71. The average molecular weight is 357 g/mol. The van der Waals surface area contributed by atoms with E-state index in [0.717, 1.165) is 32.1 Å². The zero-order valence-electron chi connectivity index (χ0n) is 14.5. The molecule has 1 saturated heterocycles. The molecule has 0 aliphatic carbocycles. The van der Waals surface area contributed by atoms with Crippen molar-refractivity contribution in [3.8, 4) is 0 Å². The van der Waals surface area contributed by atoms with Gasteiger partial charge in [0.25, 0.3) is 5.56 Å². The summed E-state index contributed by atoms with van der Waals surface area (Å²) in [5, 5.41) is 7.51. The van der Waals surface area contributed by atoms with Crippen LogP contribution in [0.1, 0.15) is 12.6 Å². The standard InChI is InChI=1S/C17H20FN7O/c1-2-24-15-13(22-17(24)23-8-6-19-7-9-23)10-20-25(16(15)26)11-12-4-3-5-14(18)21-12/h3-5,10,19H,2,6-9,11H2,1H3. The summed E-state index contributed by atoms with van der Waals surface area (Å²) in [4.78, 5) is 23.6. The number of imidazole rings is 1. The maximum atomic E-state index is 13.3. The van der Waals surface area contributed by atoms with E-state index >= 15 is 0 Å². The highest BCUT2D eigenvalue weighted by Crippen LogP contribution is 2.20. The van der Waals surface area contributed by atoms with Gasteiger partial charge < -0.3 is 14.8 Å². The molecular weight excluding hydrogens is 337 g/mol. The van der Waals surface area contributed by atoms with Crippen molar-refractivity contribution in [1.82, 2.24) is 29.6 Å². The molecule has 0 unspecified atom stereocenters. The van der Waals surface area contributed by atoms with Gasteiger partial charge in [0.15, 0.2) is 0 Å². The van der Waals surface area contributed by atoms with Crippen LogP contribution in [0.2, 0.25) is 0 Å². The average Bonchev–Trinajstić information content (AvgIpc) is 3.04. The molecule has 0 amide bonds. The van der Waals surface area contributed by atoms with Crippen molar-refractivity contribution in [2.75, 3.05) is 31.1 Å². The lowest BCUT2D eigenvalue weighted by Gasteiger charge is -2.28. The Balaban J connectivity index is 1.78. The highest BCUT2D eigenvalue weighted by molar-refractivity contribution is 5.77. The third-order valence-electron chi connectivity index (χ3n) is 4.53. The van der Waals surface area contributed by atoms with E-state index in [0.29, 0.717) is 23.3 Å². The summed E-state index contributed by atoms with van der Waals surface area (Å²) in [6, 6.07) is 4.51. The first-order valence-electron chi connectivity index (χ1n) is 8.71. The minimum absolute atomic E-state index is 0.115. The van der Waals surface area contributed by atoms with Crippen LogP contribution in [0.15, 0.2) is 29.2 Å². The van der Waals surface area contributed by atoms with Gasteiger partial charge in [0.05, 0.1) is 18.4 Å². The lowest BCUT2D eigenvalue weighted by molar-refractivity contribution is 0.560. The number of hydrogen-bond donors (Lipinski definition) is 1.